The highest BCUT2D eigenvalue weighted by Gasteiger charge is 2.31. The van der Waals surface area contributed by atoms with Crippen LogP contribution in [-0.4, -0.2) is 6.18 Å². The van der Waals surface area contributed by atoms with E-state index in [1.807, 2.05) is 0 Å². The lowest BCUT2D eigenvalue weighted by atomic mass is 10.1. The highest BCUT2D eigenvalue weighted by Crippen LogP contribution is 2.28. The molecule has 0 radical (unpaired) electrons. The van der Waals surface area contributed by atoms with Gasteiger partial charge in [-0.15, -0.1) is 0 Å². The van der Waals surface area contributed by atoms with Crippen molar-refractivity contribution in [2.75, 3.05) is 0 Å². The second-order valence-electron chi connectivity index (χ2n) is 3.17. The maximum absolute atomic E-state index is 12.3. The van der Waals surface area contributed by atoms with Crippen LogP contribution in [0.3, 0.4) is 0 Å². The molecule has 0 aliphatic carbocycles. The summed E-state index contributed by atoms with van der Waals surface area (Å²) in [4.78, 5) is 0. The standard InChI is InChI=1S/C10H13F3/c1-7(2)5-9(6-8(3)4)10(11,12)13/h5-6H,1H2,2-4H3. The third-order valence-electron chi connectivity index (χ3n) is 1.17. The largest absolute Gasteiger partial charge is 0.416 e. The predicted octanol–water partition coefficient (Wildman–Crippen LogP) is 4.02. The zero-order chi connectivity index (χ0) is 10.6. The van der Waals surface area contributed by atoms with E-state index in [9.17, 15) is 13.2 Å². The molecular weight excluding hydrogens is 177 g/mol. The Morgan fingerprint density at radius 2 is 1.54 bits per heavy atom. The van der Waals surface area contributed by atoms with Crippen molar-refractivity contribution in [3.63, 3.8) is 0 Å². The maximum atomic E-state index is 12.3. The van der Waals surface area contributed by atoms with E-state index in [4.69, 9.17) is 0 Å². The SMILES string of the molecule is C=C(C)C=C(C=C(C)C)C(F)(F)F. The molecule has 0 N–H and O–H groups in total. The lowest BCUT2D eigenvalue weighted by Gasteiger charge is -2.08. The summed E-state index contributed by atoms with van der Waals surface area (Å²) in [5.74, 6) is 0. The highest BCUT2D eigenvalue weighted by atomic mass is 19.4. The molecule has 0 fully saturated rings. The van der Waals surface area contributed by atoms with E-state index in [1.54, 1.807) is 13.8 Å². The average molecular weight is 190 g/mol. The zero-order valence-corrected chi connectivity index (χ0v) is 8.00. The van der Waals surface area contributed by atoms with Crippen molar-refractivity contribution in [2.24, 2.45) is 0 Å². The first-order valence-electron chi connectivity index (χ1n) is 3.83. The van der Waals surface area contributed by atoms with E-state index in [1.165, 1.54) is 6.92 Å². The molecule has 0 amide bonds. The van der Waals surface area contributed by atoms with Crippen LogP contribution in [0.25, 0.3) is 0 Å². The van der Waals surface area contributed by atoms with Crippen LogP contribution in [0, 0.1) is 0 Å². The van der Waals surface area contributed by atoms with Gasteiger partial charge >= 0.3 is 6.18 Å². The smallest absolute Gasteiger partial charge is 0.166 e. The van der Waals surface area contributed by atoms with E-state index >= 15 is 0 Å². The molecule has 0 atom stereocenters. The topological polar surface area (TPSA) is 0 Å². The zero-order valence-electron chi connectivity index (χ0n) is 8.00. The summed E-state index contributed by atoms with van der Waals surface area (Å²) in [5, 5.41) is 0. The van der Waals surface area contributed by atoms with Gasteiger partial charge in [0.2, 0.25) is 0 Å². The van der Waals surface area contributed by atoms with Gasteiger partial charge in [-0.1, -0.05) is 23.8 Å². The Labute approximate surface area is 76.5 Å². The molecule has 0 rings (SSSR count). The molecule has 0 bridgehead atoms. The van der Waals surface area contributed by atoms with Crippen LogP contribution < -0.4 is 0 Å². The Bertz CT molecular complexity index is 250. The van der Waals surface area contributed by atoms with Gasteiger partial charge in [0.05, 0.1) is 5.57 Å². The normalized spacial score (nSPS) is 12.6. The van der Waals surface area contributed by atoms with Gasteiger partial charge in [-0.2, -0.15) is 13.2 Å². The summed E-state index contributed by atoms with van der Waals surface area (Å²) >= 11 is 0. The molecule has 0 aromatic rings. The first-order chi connectivity index (χ1) is 5.73. The fraction of sp³-hybridized carbons (Fsp3) is 0.400. The molecule has 74 valence electrons. The van der Waals surface area contributed by atoms with Crippen molar-refractivity contribution in [3.05, 3.63) is 35.5 Å². The molecule has 0 saturated carbocycles. The number of alkyl halides is 3. The predicted molar refractivity (Wildman–Crippen MR) is 48.4 cm³/mol. The second kappa shape index (κ2) is 4.30. The molecule has 0 saturated heterocycles. The Hall–Kier alpha value is -0.990. The van der Waals surface area contributed by atoms with Crippen molar-refractivity contribution < 1.29 is 13.2 Å². The van der Waals surface area contributed by atoms with Crippen molar-refractivity contribution in [1.82, 2.24) is 0 Å². The van der Waals surface area contributed by atoms with Gasteiger partial charge in [0.1, 0.15) is 0 Å². The minimum atomic E-state index is -4.30. The molecule has 0 heterocycles. The van der Waals surface area contributed by atoms with Crippen LogP contribution >= 0.6 is 0 Å². The third kappa shape index (κ3) is 5.28. The third-order valence-corrected chi connectivity index (χ3v) is 1.17. The second-order valence-corrected chi connectivity index (χ2v) is 3.17. The van der Waals surface area contributed by atoms with E-state index < -0.39 is 11.7 Å². The quantitative estimate of drug-likeness (QED) is 0.577. The summed E-state index contributed by atoms with van der Waals surface area (Å²) in [6.45, 7) is 8.19. The summed E-state index contributed by atoms with van der Waals surface area (Å²) in [6.07, 6.45) is -2.15. The molecule has 0 aliphatic heterocycles. The minimum Gasteiger partial charge on any atom is -0.166 e. The average Bonchev–Trinajstić information content (AvgIpc) is 1.81. The summed E-state index contributed by atoms with van der Waals surface area (Å²) in [7, 11) is 0. The van der Waals surface area contributed by atoms with E-state index in [0.717, 1.165) is 12.2 Å². The first kappa shape index (κ1) is 12.0. The summed E-state index contributed by atoms with van der Waals surface area (Å²) in [6, 6.07) is 0. The van der Waals surface area contributed by atoms with Crippen LogP contribution in [-0.2, 0) is 0 Å². The van der Waals surface area contributed by atoms with Gasteiger partial charge < -0.3 is 0 Å². The fourth-order valence-corrected chi connectivity index (χ4v) is 0.782. The van der Waals surface area contributed by atoms with Gasteiger partial charge in [0, 0.05) is 0 Å². The lowest BCUT2D eigenvalue weighted by Crippen LogP contribution is -2.10. The van der Waals surface area contributed by atoms with Crippen LogP contribution in [0.2, 0.25) is 0 Å². The van der Waals surface area contributed by atoms with Gasteiger partial charge in [0.25, 0.3) is 0 Å². The molecular formula is C10H13F3. The van der Waals surface area contributed by atoms with E-state index in [0.29, 0.717) is 11.1 Å². The number of hydrogen-bond donors (Lipinski definition) is 0. The maximum Gasteiger partial charge on any atom is 0.416 e. The molecule has 0 aromatic heterocycles. The van der Waals surface area contributed by atoms with Gasteiger partial charge in [-0.3, -0.25) is 0 Å². The minimum absolute atomic E-state index is 0.393. The Morgan fingerprint density at radius 1 is 1.08 bits per heavy atom. The first-order valence-corrected chi connectivity index (χ1v) is 3.83. The van der Waals surface area contributed by atoms with Gasteiger partial charge in [-0.05, 0) is 26.8 Å². The Morgan fingerprint density at radius 3 is 1.77 bits per heavy atom. The van der Waals surface area contributed by atoms with Crippen LogP contribution in [0.15, 0.2) is 35.5 Å². The lowest BCUT2D eigenvalue weighted by molar-refractivity contribution is -0.0883. The molecule has 0 spiro atoms. The number of halogens is 3. The molecule has 0 unspecified atom stereocenters. The van der Waals surface area contributed by atoms with Crippen LogP contribution in [0.1, 0.15) is 20.8 Å². The monoisotopic (exact) mass is 190 g/mol. The van der Waals surface area contributed by atoms with Crippen molar-refractivity contribution in [3.8, 4) is 0 Å². The molecule has 0 nitrogen and oxygen atoms in total. The molecule has 13 heavy (non-hydrogen) atoms. The Balaban J connectivity index is 5.00. The summed E-state index contributed by atoms with van der Waals surface area (Å²) < 4.78 is 36.9. The van der Waals surface area contributed by atoms with Crippen molar-refractivity contribution in [2.45, 2.75) is 26.9 Å². The van der Waals surface area contributed by atoms with Gasteiger partial charge in [0.15, 0.2) is 0 Å². The summed E-state index contributed by atoms with van der Waals surface area (Å²) in [5.41, 5.74) is 0.356. The van der Waals surface area contributed by atoms with Crippen molar-refractivity contribution >= 4 is 0 Å². The Kier molecular flexibility index (Phi) is 3.98. The number of allylic oxidation sites excluding steroid dienone is 5. The van der Waals surface area contributed by atoms with Gasteiger partial charge in [-0.25, -0.2) is 0 Å². The van der Waals surface area contributed by atoms with Crippen molar-refractivity contribution in [1.29, 1.82) is 0 Å². The highest BCUT2D eigenvalue weighted by molar-refractivity contribution is 5.32. The number of rotatable bonds is 2. The van der Waals surface area contributed by atoms with E-state index in [2.05, 4.69) is 6.58 Å². The van der Waals surface area contributed by atoms with Crippen LogP contribution in [0.4, 0.5) is 13.2 Å². The molecule has 0 aromatic carbocycles. The van der Waals surface area contributed by atoms with Crippen LogP contribution in [0.5, 0.6) is 0 Å². The molecule has 3 heteroatoms. The fourth-order valence-electron chi connectivity index (χ4n) is 0.782. The van der Waals surface area contributed by atoms with E-state index in [-0.39, 0.29) is 0 Å². The number of hydrogen-bond acceptors (Lipinski definition) is 0. The molecule has 0 aliphatic rings.